The molecule has 2 amide bonds. The van der Waals surface area contributed by atoms with Crippen molar-refractivity contribution in [2.75, 3.05) is 20.4 Å². The lowest BCUT2D eigenvalue weighted by Gasteiger charge is -2.21. The van der Waals surface area contributed by atoms with E-state index in [0.717, 1.165) is 16.4 Å². The number of nitrogens with zero attached hydrogens (tertiary/aromatic N) is 3. The van der Waals surface area contributed by atoms with Gasteiger partial charge in [0.2, 0.25) is 0 Å². The standard InChI is InChI=1S/C13H16ClN3O3S2/c1-9(21-4)15-20-13(19)17(3)22-16(2)12(18)10-7-5-6-8-11(10)14/h5-8H,1-4H3/b15-9+. The minimum Gasteiger partial charge on any atom is -0.296 e. The first kappa shape index (κ1) is 18.7. The van der Waals surface area contributed by atoms with E-state index in [1.165, 1.54) is 30.2 Å². The third-order valence-electron chi connectivity index (χ3n) is 2.44. The molecular formula is C13H16ClN3O3S2. The van der Waals surface area contributed by atoms with E-state index in [9.17, 15) is 9.59 Å². The van der Waals surface area contributed by atoms with Crippen LogP contribution < -0.4 is 0 Å². The molecule has 9 heteroatoms. The maximum Gasteiger partial charge on any atom is 0.447 e. The summed E-state index contributed by atoms with van der Waals surface area (Å²) in [5.41, 5.74) is 0.359. The lowest BCUT2D eigenvalue weighted by molar-refractivity contribution is 0.0888. The minimum absolute atomic E-state index is 0.320. The Morgan fingerprint density at radius 3 is 2.45 bits per heavy atom. The summed E-state index contributed by atoms with van der Waals surface area (Å²) in [5, 5.41) is 4.61. The molecule has 0 aliphatic rings. The Labute approximate surface area is 143 Å². The van der Waals surface area contributed by atoms with Crippen LogP contribution in [0.15, 0.2) is 29.4 Å². The summed E-state index contributed by atoms with van der Waals surface area (Å²) in [7, 11) is 3.02. The summed E-state index contributed by atoms with van der Waals surface area (Å²) in [5.74, 6) is -0.320. The van der Waals surface area contributed by atoms with Crippen molar-refractivity contribution >= 4 is 52.5 Å². The fourth-order valence-corrected chi connectivity index (χ4v) is 2.22. The first-order valence-corrected chi connectivity index (χ1v) is 8.44. The number of rotatable bonds is 4. The Hall–Kier alpha value is -1.38. The number of hydrogen-bond acceptors (Lipinski definition) is 6. The first-order chi connectivity index (χ1) is 10.4. The van der Waals surface area contributed by atoms with Crippen LogP contribution in [-0.2, 0) is 4.84 Å². The molecule has 120 valence electrons. The van der Waals surface area contributed by atoms with Crippen molar-refractivity contribution in [2.24, 2.45) is 5.16 Å². The predicted octanol–water partition coefficient (Wildman–Crippen LogP) is 3.74. The average molecular weight is 362 g/mol. The molecule has 0 saturated heterocycles. The number of amides is 2. The normalized spacial score (nSPS) is 11.0. The van der Waals surface area contributed by atoms with Crippen molar-refractivity contribution in [3.63, 3.8) is 0 Å². The van der Waals surface area contributed by atoms with E-state index in [-0.39, 0.29) is 5.91 Å². The fourth-order valence-electron chi connectivity index (χ4n) is 1.26. The quantitative estimate of drug-likeness (QED) is 0.269. The second-order valence-corrected chi connectivity index (χ2v) is 6.70. The van der Waals surface area contributed by atoms with E-state index < -0.39 is 6.09 Å². The highest BCUT2D eigenvalue weighted by molar-refractivity contribution is 8.13. The smallest absolute Gasteiger partial charge is 0.296 e. The van der Waals surface area contributed by atoms with Crippen molar-refractivity contribution in [3.8, 4) is 0 Å². The topological polar surface area (TPSA) is 62.2 Å². The maximum absolute atomic E-state index is 12.2. The van der Waals surface area contributed by atoms with Gasteiger partial charge in [-0.25, -0.2) is 9.10 Å². The van der Waals surface area contributed by atoms with Gasteiger partial charge in [0.05, 0.1) is 22.7 Å². The van der Waals surface area contributed by atoms with E-state index in [1.807, 2.05) is 6.26 Å². The van der Waals surface area contributed by atoms with E-state index in [1.54, 1.807) is 31.2 Å². The van der Waals surface area contributed by atoms with Crippen molar-refractivity contribution in [2.45, 2.75) is 6.92 Å². The van der Waals surface area contributed by atoms with Gasteiger partial charge < -0.3 is 0 Å². The van der Waals surface area contributed by atoms with E-state index in [4.69, 9.17) is 16.4 Å². The Morgan fingerprint density at radius 2 is 1.86 bits per heavy atom. The van der Waals surface area contributed by atoms with Gasteiger partial charge in [-0.05, 0) is 25.3 Å². The maximum atomic E-state index is 12.2. The van der Waals surface area contributed by atoms with E-state index in [0.29, 0.717) is 15.6 Å². The van der Waals surface area contributed by atoms with Crippen LogP contribution in [0.1, 0.15) is 17.3 Å². The van der Waals surface area contributed by atoms with Crippen molar-refractivity contribution in [1.82, 2.24) is 8.61 Å². The zero-order chi connectivity index (χ0) is 16.7. The number of hydrogen-bond donors (Lipinski definition) is 0. The molecule has 0 aromatic heterocycles. The predicted molar refractivity (Wildman–Crippen MR) is 92.0 cm³/mol. The van der Waals surface area contributed by atoms with Crippen LogP contribution in [0, 0.1) is 0 Å². The molecule has 0 saturated carbocycles. The van der Waals surface area contributed by atoms with Crippen molar-refractivity contribution < 1.29 is 14.4 Å². The largest absolute Gasteiger partial charge is 0.447 e. The number of carbonyl (C=O) groups is 2. The van der Waals surface area contributed by atoms with Crippen LogP contribution in [0.2, 0.25) is 5.02 Å². The Morgan fingerprint density at radius 1 is 1.23 bits per heavy atom. The van der Waals surface area contributed by atoms with Gasteiger partial charge in [0.25, 0.3) is 5.91 Å². The molecule has 0 atom stereocenters. The number of halogens is 1. The summed E-state index contributed by atoms with van der Waals surface area (Å²) in [6.07, 6.45) is 1.14. The van der Waals surface area contributed by atoms with Gasteiger partial charge in [-0.15, -0.1) is 11.8 Å². The Bertz CT molecular complexity index is 583. The lowest BCUT2D eigenvalue weighted by Crippen LogP contribution is -2.29. The highest BCUT2D eigenvalue weighted by Crippen LogP contribution is 2.21. The molecular weight excluding hydrogens is 346 g/mol. The molecule has 0 bridgehead atoms. The molecule has 0 N–H and O–H groups in total. The van der Waals surface area contributed by atoms with Gasteiger partial charge >= 0.3 is 6.09 Å². The van der Waals surface area contributed by atoms with Gasteiger partial charge in [-0.1, -0.05) is 28.9 Å². The summed E-state index contributed by atoms with van der Waals surface area (Å²) in [4.78, 5) is 28.7. The van der Waals surface area contributed by atoms with Gasteiger partial charge in [0.15, 0.2) is 0 Å². The van der Waals surface area contributed by atoms with E-state index >= 15 is 0 Å². The molecule has 0 radical (unpaired) electrons. The lowest BCUT2D eigenvalue weighted by atomic mass is 10.2. The van der Waals surface area contributed by atoms with Gasteiger partial charge in [-0.2, -0.15) is 0 Å². The molecule has 0 spiro atoms. The molecule has 1 aromatic carbocycles. The van der Waals surface area contributed by atoms with Gasteiger partial charge in [-0.3, -0.25) is 13.9 Å². The van der Waals surface area contributed by atoms with E-state index in [2.05, 4.69) is 5.16 Å². The third-order valence-corrected chi connectivity index (χ3v) is 4.24. The minimum atomic E-state index is -0.683. The zero-order valence-electron chi connectivity index (χ0n) is 12.6. The molecule has 0 heterocycles. The highest BCUT2D eigenvalue weighted by atomic mass is 35.5. The highest BCUT2D eigenvalue weighted by Gasteiger charge is 2.20. The molecule has 0 aliphatic carbocycles. The molecule has 1 rings (SSSR count). The fraction of sp³-hybridized carbons (Fsp3) is 0.308. The molecule has 1 aromatic rings. The molecule has 6 nitrogen and oxygen atoms in total. The summed E-state index contributed by atoms with van der Waals surface area (Å²) in [6.45, 7) is 1.72. The summed E-state index contributed by atoms with van der Waals surface area (Å²) < 4.78 is 2.44. The van der Waals surface area contributed by atoms with Crippen LogP contribution >= 0.6 is 35.5 Å². The van der Waals surface area contributed by atoms with Crippen LogP contribution in [0.3, 0.4) is 0 Å². The zero-order valence-corrected chi connectivity index (χ0v) is 15.0. The number of oxime groups is 1. The summed E-state index contributed by atoms with van der Waals surface area (Å²) in [6, 6.07) is 6.70. The second-order valence-electron chi connectivity index (χ2n) is 4.03. The number of thioether (sulfide) groups is 1. The van der Waals surface area contributed by atoms with Crippen LogP contribution in [0.5, 0.6) is 0 Å². The molecule has 0 aliphatic heterocycles. The molecule has 22 heavy (non-hydrogen) atoms. The van der Waals surface area contributed by atoms with Crippen molar-refractivity contribution in [1.29, 1.82) is 0 Å². The van der Waals surface area contributed by atoms with Crippen LogP contribution in [-0.4, -0.2) is 46.0 Å². The van der Waals surface area contributed by atoms with Gasteiger partial charge in [0, 0.05) is 14.1 Å². The van der Waals surface area contributed by atoms with Crippen molar-refractivity contribution in [3.05, 3.63) is 34.9 Å². The number of benzene rings is 1. The molecule has 0 fully saturated rings. The molecule has 0 unspecified atom stereocenters. The van der Waals surface area contributed by atoms with Crippen LogP contribution in [0.25, 0.3) is 0 Å². The monoisotopic (exact) mass is 361 g/mol. The van der Waals surface area contributed by atoms with Crippen LogP contribution in [0.4, 0.5) is 4.79 Å². The Kier molecular flexibility index (Phi) is 7.57. The second kappa shape index (κ2) is 8.92. The van der Waals surface area contributed by atoms with Gasteiger partial charge in [0.1, 0.15) is 5.04 Å². The number of carbonyl (C=O) groups excluding carboxylic acids is 2. The summed E-state index contributed by atoms with van der Waals surface area (Å²) >= 11 is 8.23. The Balaban J connectivity index is 2.64. The average Bonchev–Trinajstić information content (AvgIpc) is 2.51. The third kappa shape index (κ3) is 5.43. The first-order valence-electron chi connectivity index (χ1n) is 6.10. The SMILES string of the molecule is CS/C(C)=N/OC(=O)N(C)SN(C)C(=O)c1ccccc1Cl.